The number of benzene rings is 1. The number of aliphatic carboxylic acids is 1. The summed E-state index contributed by atoms with van der Waals surface area (Å²) < 4.78 is 0.935. The van der Waals surface area contributed by atoms with E-state index in [1.54, 1.807) is 19.1 Å². The normalized spacial score (nSPS) is 14.6. The minimum atomic E-state index is -0.883. The zero-order valence-electron chi connectivity index (χ0n) is 8.35. The quantitative estimate of drug-likeness (QED) is 0.886. The SMILES string of the molecule is CC(CC(O)c1ccc(Br)cc1)C(=O)O. The van der Waals surface area contributed by atoms with Gasteiger partial charge in [0.05, 0.1) is 12.0 Å². The molecule has 1 rings (SSSR count). The maximum Gasteiger partial charge on any atom is 0.306 e. The Morgan fingerprint density at radius 2 is 1.93 bits per heavy atom. The first kappa shape index (κ1) is 12.2. The van der Waals surface area contributed by atoms with E-state index in [-0.39, 0.29) is 6.42 Å². The van der Waals surface area contributed by atoms with Crippen molar-refractivity contribution in [3.05, 3.63) is 34.3 Å². The number of aliphatic hydroxyl groups is 1. The topological polar surface area (TPSA) is 57.5 Å². The van der Waals surface area contributed by atoms with Crippen LogP contribution in [0.15, 0.2) is 28.7 Å². The van der Waals surface area contributed by atoms with Crippen molar-refractivity contribution in [1.82, 2.24) is 0 Å². The molecule has 82 valence electrons. The third-order valence-electron chi connectivity index (χ3n) is 2.25. The Morgan fingerprint density at radius 3 is 2.40 bits per heavy atom. The van der Waals surface area contributed by atoms with Gasteiger partial charge >= 0.3 is 5.97 Å². The van der Waals surface area contributed by atoms with Crippen LogP contribution in [-0.2, 0) is 4.79 Å². The largest absolute Gasteiger partial charge is 0.481 e. The molecule has 2 atom stereocenters. The lowest BCUT2D eigenvalue weighted by molar-refractivity contribution is -0.142. The van der Waals surface area contributed by atoms with Crippen LogP contribution in [0.25, 0.3) is 0 Å². The number of halogens is 1. The summed E-state index contributed by atoms with van der Waals surface area (Å²) in [4.78, 5) is 10.6. The minimum Gasteiger partial charge on any atom is -0.481 e. The van der Waals surface area contributed by atoms with Gasteiger partial charge in [-0.2, -0.15) is 0 Å². The monoisotopic (exact) mass is 272 g/mol. The predicted octanol–water partition coefficient (Wildman–Crippen LogP) is 2.59. The van der Waals surface area contributed by atoms with Crippen LogP contribution in [0.5, 0.6) is 0 Å². The first-order valence-corrected chi connectivity index (χ1v) is 5.46. The molecule has 0 radical (unpaired) electrons. The van der Waals surface area contributed by atoms with Crippen LogP contribution in [0.4, 0.5) is 0 Å². The van der Waals surface area contributed by atoms with E-state index in [2.05, 4.69) is 15.9 Å². The van der Waals surface area contributed by atoms with E-state index in [1.807, 2.05) is 12.1 Å². The van der Waals surface area contributed by atoms with Crippen LogP contribution >= 0.6 is 15.9 Å². The Labute approximate surface area is 96.9 Å². The Morgan fingerprint density at radius 1 is 1.40 bits per heavy atom. The molecule has 1 aromatic rings. The van der Waals surface area contributed by atoms with Crippen molar-refractivity contribution in [2.45, 2.75) is 19.4 Å². The maximum atomic E-state index is 10.6. The van der Waals surface area contributed by atoms with Gasteiger partial charge in [0.2, 0.25) is 0 Å². The number of carboxylic acid groups (broad SMARTS) is 1. The molecule has 1 aromatic carbocycles. The van der Waals surface area contributed by atoms with Gasteiger partial charge in [-0.1, -0.05) is 35.0 Å². The van der Waals surface area contributed by atoms with Crippen molar-refractivity contribution in [3.8, 4) is 0 Å². The fourth-order valence-corrected chi connectivity index (χ4v) is 1.52. The van der Waals surface area contributed by atoms with Gasteiger partial charge in [-0.15, -0.1) is 0 Å². The second kappa shape index (κ2) is 5.28. The first-order chi connectivity index (χ1) is 7.00. The second-order valence-corrected chi connectivity index (χ2v) is 4.46. The van der Waals surface area contributed by atoms with E-state index in [9.17, 15) is 9.90 Å². The second-order valence-electron chi connectivity index (χ2n) is 3.54. The third kappa shape index (κ3) is 3.64. The molecule has 0 spiro atoms. The summed E-state index contributed by atoms with van der Waals surface area (Å²) in [6.07, 6.45) is -0.485. The number of rotatable bonds is 4. The highest BCUT2D eigenvalue weighted by Gasteiger charge is 2.17. The van der Waals surface area contributed by atoms with E-state index >= 15 is 0 Å². The van der Waals surface area contributed by atoms with Gasteiger partial charge in [0.1, 0.15) is 0 Å². The highest BCUT2D eigenvalue weighted by Crippen LogP contribution is 2.22. The van der Waals surface area contributed by atoms with Crippen molar-refractivity contribution in [2.24, 2.45) is 5.92 Å². The molecule has 0 amide bonds. The van der Waals surface area contributed by atoms with Crippen LogP contribution in [-0.4, -0.2) is 16.2 Å². The summed E-state index contributed by atoms with van der Waals surface area (Å²) in [5, 5.41) is 18.5. The van der Waals surface area contributed by atoms with Crippen molar-refractivity contribution in [3.63, 3.8) is 0 Å². The molecule has 0 aliphatic rings. The Balaban J connectivity index is 2.64. The van der Waals surface area contributed by atoms with Crippen LogP contribution in [0.1, 0.15) is 25.0 Å². The van der Waals surface area contributed by atoms with Gasteiger partial charge < -0.3 is 10.2 Å². The molecule has 3 nitrogen and oxygen atoms in total. The summed E-state index contributed by atoms with van der Waals surface area (Å²) in [5.41, 5.74) is 0.742. The van der Waals surface area contributed by atoms with E-state index in [0.29, 0.717) is 0 Å². The third-order valence-corrected chi connectivity index (χ3v) is 2.78. The summed E-state index contributed by atoms with van der Waals surface area (Å²) in [6, 6.07) is 7.21. The lowest BCUT2D eigenvalue weighted by Gasteiger charge is -2.13. The molecular weight excluding hydrogens is 260 g/mol. The highest BCUT2D eigenvalue weighted by molar-refractivity contribution is 9.10. The fraction of sp³-hybridized carbons (Fsp3) is 0.364. The molecule has 15 heavy (non-hydrogen) atoms. The molecule has 0 saturated heterocycles. The Kier molecular flexibility index (Phi) is 4.29. The van der Waals surface area contributed by atoms with Crippen LogP contribution in [0, 0.1) is 5.92 Å². The van der Waals surface area contributed by atoms with Gasteiger partial charge in [0, 0.05) is 4.47 Å². The lowest BCUT2D eigenvalue weighted by Crippen LogP contribution is -2.13. The van der Waals surface area contributed by atoms with Gasteiger partial charge in [-0.25, -0.2) is 0 Å². The average Bonchev–Trinajstić information content (AvgIpc) is 2.18. The molecule has 2 unspecified atom stereocenters. The van der Waals surface area contributed by atoms with Crippen LogP contribution in [0.3, 0.4) is 0 Å². The summed E-state index contributed by atoms with van der Waals surface area (Å²) in [5.74, 6) is -1.42. The maximum absolute atomic E-state index is 10.6. The summed E-state index contributed by atoms with van der Waals surface area (Å²) in [7, 11) is 0. The standard InChI is InChI=1S/C11H13BrO3/c1-7(11(14)15)6-10(13)8-2-4-9(12)5-3-8/h2-5,7,10,13H,6H2,1H3,(H,14,15). The molecule has 0 heterocycles. The molecule has 0 fully saturated rings. The molecule has 0 aromatic heterocycles. The number of aliphatic hydroxyl groups excluding tert-OH is 1. The van der Waals surface area contributed by atoms with E-state index in [0.717, 1.165) is 10.0 Å². The molecule has 2 N–H and O–H groups in total. The zero-order valence-corrected chi connectivity index (χ0v) is 9.94. The van der Waals surface area contributed by atoms with Gasteiger partial charge in [-0.05, 0) is 24.1 Å². The van der Waals surface area contributed by atoms with Gasteiger partial charge in [0.25, 0.3) is 0 Å². The smallest absolute Gasteiger partial charge is 0.306 e. The Bertz CT molecular complexity index is 334. The molecule has 0 aliphatic heterocycles. The lowest BCUT2D eigenvalue weighted by atomic mass is 9.98. The minimum absolute atomic E-state index is 0.233. The number of hydrogen-bond donors (Lipinski definition) is 2. The fourth-order valence-electron chi connectivity index (χ4n) is 1.26. The van der Waals surface area contributed by atoms with Crippen molar-refractivity contribution < 1.29 is 15.0 Å². The van der Waals surface area contributed by atoms with E-state index in [4.69, 9.17) is 5.11 Å². The molecule has 0 aliphatic carbocycles. The molecule has 4 heteroatoms. The van der Waals surface area contributed by atoms with Gasteiger partial charge in [0.15, 0.2) is 0 Å². The molecule has 0 saturated carbocycles. The summed E-state index contributed by atoms with van der Waals surface area (Å²) >= 11 is 3.29. The van der Waals surface area contributed by atoms with Crippen molar-refractivity contribution >= 4 is 21.9 Å². The van der Waals surface area contributed by atoms with Crippen molar-refractivity contribution in [1.29, 1.82) is 0 Å². The van der Waals surface area contributed by atoms with E-state index in [1.165, 1.54) is 0 Å². The highest BCUT2D eigenvalue weighted by atomic mass is 79.9. The first-order valence-electron chi connectivity index (χ1n) is 4.67. The Hall–Kier alpha value is -0.870. The average molecular weight is 273 g/mol. The molecule has 0 bridgehead atoms. The summed E-state index contributed by atoms with van der Waals surface area (Å²) in [6.45, 7) is 1.59. The zero-order chi connectivity index (χ0) is 11.4. The number of hydrogen-bond acceptors (Lipinski definition) is 2. The number of carbonyl (C=O) groups is 1. The number of carboxylic acids is 1. The van der Waals surface area contributed by atoms with Crippen molar-refractivity contribution in [2.75, 3.05) is 0 Å². The van der Waals surface area contributed by atoms with Gasteiger partial charge in [-0.3, -0.25) is 4.79 Å². The van der Waals surface area contributed by atoms with Crippen LogP contribution < -0.4 is 0 Å². The molecular formula is C11H13BrO3. The van der Waals surface area contributed by atoms with Crippen LogP contribution in [0.2, 0.25) is 0 Å². The predicted molar refractivity (Wildman–Crippen MR) is 60.5 cm³/mol. The van der Waals surface area contributed by atoms with E-state index < -0.39 is 18.0 Å².